The number of ether oxygens (including phenoxy) is 2. The van der Waals surface area contributed by atoms with E-state index in [1.807, 2.05) is 36.0 Å². The average Bonchev–Trinajstić information content (AvgIpc) is 2.89. The van der Waals surface area contributed by atoms with E-state index in [4.69, 9.17) is 9.47 Å². The second kappa shape index (κ2) is 5.57. The first-order valence-electron chi connectivity index (χ1n) is 6.35. The normalized spacial score (nSPS) is 17.0. The molecule has 0 aromatic heterocycles. The SMILES string of the molecule is COc1cccc(OCC2CSc3ccccc32)c1. The standard InChI is InChI=1S/C16H16O2S/c1-17-13-5-4-6-14(9-13)18-10-12-11-19-16-8-3-2-7-15(12)16/h2-9,12H,10-11H2,1H3. The monoisotopic (exact) mass is 272 g/mol. The lowest BCUT2D eigenvalue weighted by Gasteiger charge is -2.13. The molecule has 1 atom stereocenters. The molecule has 1 unspecified atom stereocenters. The summed E-state index contributed by atoms with van der Waals surface area (Å²) in [6.45, 7) is 0.719. The zero-order valence-electron chi connectivity index (χ0n) is 10.8. The van der Waals surface area contributed by atoms with E-state index < -0.39 is 0 Å². The van der Waals surface area contributed by atoms with Crippen LogP contribution in [0.4, 0.5) is 0 Å². The van der Waals surface area contributed by atoms with Gasteiger partial charge < -0.3 is 9.47 Å². The van der Waals surface area contributed by atoms with Gasteiger partial charge in [-0.25, -0.2) is 0 Å². The Bertz CT molecular complexity index is 568. The van der Waals surface area contributed by atoms with Crippen molar-refractivity contribution in [3.05, 3.63) is 54.1 Å². The third kappa shape index (κ3) is 2.71. The van der Waals surface area contributed by atoms with Gasteiger partial charge in [-0.05, 0) is 23.8 Å². The highest BCUT2D eigenvalue weighted by atomic mass is 32.2. The van der Waals surface area contributed by atoms with Crippen LogP contribution in [-0.2, 0) is 0 Å². The minimum atomic E-state index is 0.479. The summed E-state index contributed by atoms with van der Waals surface area (Å²) in [5, 5.41) is 0. The van der Waals surface area contributed by atoms with Crippen LogP contribution in [0.25, 0.3) is 0 Å². The average molecular weight is 272 g/mol. The van der Waals surface area contributed by atoms with Crippen molar-refractivity contribution < 1.29 is 9.47 Å². The number of hydrogen-bond donors (Lipinski definition) is 0. The van der Waals surface area contributed by atoms with Crippen molar-refractivity contribution in [2.75, 3.05) is 19.5 Å². The Kier molecular flexibility index (Phi) is 3.65. The first-order chi connectivity index (χ1) is 9.36. The molecule has 0 spiro atoms. The lowest BCUT2D eigenvalue weighted by molar-refractivity contribution is 0.296. The smallest absolute Gasteiger partial charge is 0.123 e. The van der Waals surface area contributed by atoms with Crippen LogP contribution in [0.2, 0.25) is 0 Å². The highest BCUT2D eigenvalue weighted by molar-refractivity contribution is 7.99. The van der Waals surface area contributed by atoms with Gasteiger partial charge in [0.2, 0.25) is 0 Å². The van der Waals surface area contributed by atoms with Crippen LogP contribution in [0.3, 0.4) is 0 Å². The van der Waals surface area contributed by atoms with Gasteiger partial charge in [0, 0.05) is 22.6 Å². The van der Waals surface area contributed by atoms with Gasteiger partial charge in [0.1, 0.15) is 11.5 Å². The zero-order chi connectivity index (χ0) is 13.1. The maximum absolute atomic E-state index is 5.90. The molecule has 0 saturated carbocycles. The maximum Gasteiger partial charge on any atom is 0.123 e. The molecule has 0 saturated heterocycles. The molecule has 1 heterocycles. The van der Waals surface area contributed by atoms with Crippen molar-refractivity contribution in [2.45, 2.75) is 10.8 Å². The molecule has 3 rings (SSSR count). The highest BCUT2D eigenvalue weighted by Gasteiger charge is 2.23. The van der Waals surface area contributed by atoms with E-state index in [0.717, 1.165) is 23.9 Å². The third-order valence-corrected chi connectivity index (χ3v) is 4.54. The van der Waals surface area contributed by atoms with Crippen molar-refractivity contribution in [3.8, 4) is 11.5 Å². The number of thioether (sulfide) groups is 1. The Labute approximate surface area is 117 Å². The van der Waals surface area contributed by atoms with E-state index in [2.05, 4.69) is 24.3 Å². The molecule has 2 aromatic carbocycles. The van der Waals surface area contributed by atoms with E-state index >= 15 is 0 Å². The van der Waals surface area contributed by atoms with Crippen molar-refractivity contribution in [1.29, 1.82) is 0 Å². The van der Waals surface area contributed by atoms with Crippen LogP contribution in [-0.4, -0.2) is 19.5 Å². The lowest BCUT2D eigenvalue weighted by atomic mass is 10.0. The van der Waals surface area contributed by atoms with Crippen LogP contribution in [0, 0.1) is 0 Å². The summed E-state index contributed by atoms with van der Waals surface area (Å²) in [5.74, 6) is 3.28. The maximum atomic E-state index is 5.90. The fourth-order valence-corrected chi connectivity index (χ4v) is 3.49. The predicted octanol–water partition coefficient (Wildman–Crippen LogP) is 3.96. The largest absolute Gasteiger partial charge is 0.497 e. The van der Waals surface area contributed by atoms with E-state index in [9.17, 15) is 0 Å². The molecule has 0 amide bonds. The molecular weight excluding hydrogens is 256 g/mol. The minimum absolute atomic E-state index is 0.479. The Morgan fingerprint density at radius 1 is 1.11 bits per heavy atom. The summed E-state index contributed by atoms with van der Waals surface area (Å²) >= 11 is 1.91. The van der Waals surface area contributed by atoms with Crippen molar-refractivity contribution in [1.82, 2.24) is 0 Å². The van der Waals surface area contributed by atoms with Crippen molar-refractivity contribution in [2.24, 2.45) is 0 Å². The van der Waals surface area contributed by atoms with E-state index in [1.54, 1.807) is 7.11 Å². The summed E-state index contributed by atoms with van der Waals surface area (Å²) in [4.78, 5) is 1.39. The van der Waals surface area contributed by atoms with Gasteiger partial charge in [-0.2, -0.15) is 0 Å². The van der Waals surface area contributed by atoms with E-state index in [-0.39, 0.29) is 0 Å². The summed E-state index contributed by atoms with van der Waals surface area (Å²) in [6, 6.07) is 16.4. The molecule has 3 heteroatoms. The number of methoxy groups -OCH3 is 1. The van der Waals surface area contributed by atoms with Crippen LogP contribution < -0.4 is 9.47 Å². The predicted molar refractivity (Wildman–Crippen MR) is 78.4 cm³/mol. The molecule has 0 bridgehead atoms. The van der Waals surface area contributed by atoms with Gasteiger partial charge in [0.15, 0.2) is 0 Å². The molecule has 2 nitrogen and oxygen atoms in total. The summed E-state index contributed by atoms with van der Waals surface area (Å²) in [7, 11) is 1.67. The number of benzene rings is 2. The molecule has 98 valence electrons. The highest BCUT2D eigenvalue weighted by Crippen LogP contribution is 2.39. The van der Waals surface area contributed by atoms with Crippen molar-refractivity contribution in [3.63, 3.8) is 0 Å². The summed E-state index contributed by atoms with van der Waals surface area (Å²) in [5.41, 5.74) is 1.41. The van der Waals surface area contributed by atoms with E-state index in [0.29, 0.717) is 5.92 Å². The Morgan fingerprint density at radius 3 is 2.84 bits per heavy atom. The minimum Gasteiger partial charge on any atom is -0.497 e. The lowest BCUT2D eigenvalue weighted by Crippen LogP contribution is -2.09. The number of rotatable bonds is 4. The van der Waals surface area contributed by atoms with Crippen LogP contribution in [0.15, 0.2) is 53.4 Å². The quantitative estimate of drug-likeness (QED) is 0.839. The molecule has 0 radical (unpaired) electrons. The Hall–Kier alpha value is -1.61. The van der Waals surface area contributed by atoms with Gasteiger partial charge >= 0.3 is 0 Å². The first-order valence-corrected chi connectivity index (χ1v) is 7.34. The summed E-state index contributed by atoms with van der Waals surface area (Å²) in [6.07, 6.45) is 0. The molecule has 1 aliphatic rings. The zero-order valence-corrected chi connectivity index (χ0v) is 11.7. The topological polar surface area (TPSA) is 18.5 Å². The fourth-order valence-electron chi connectivity index (χ4n) is 2.26. The molecule has 1 aliphatic heterocycles. The van der Waals surface area contributed by atoms with Gasteiger partial charge in [-0.3, -0.25) is 0 Å². The number of fused-ring (bicyclic) bond motifs is 1. The van der Waals surface area contributed by atoms with Gasteiger partial charge in [-0.1, -0.05) is 24.3 Å². The Balaban J connectivity index is 1.67. The van der Waals surface area contributed by atoms with Crippen LogP contribution in [0.5, 0.6) is 11.5 Å². The van der Waals surface area contributed by atoms with Crippen molar-refractivity contribution >= 4 is 11.8 Å². The second-order valence-electron chi connectivity index (χ2n) is 4.54. The molecule has 2 aromatic rings. The van der Waals surface area contributed by atoms with Crippen LogP contribution >= 0.6 is 11.8 Å². The molecule has 0 fully saturated rings. The fraction of sp³-hybridized carbons (Fsp3) is 0.250. The first kappa shape index (κ1) is 12.4. The molecular formula is C16H16O2S. The molecule has 0 aliphatic carbocycles. The summed E-state index contributed by atoms with van der Waals surface area (Å²) < 4.78 is 11.1. The van der Waals surface area contributed by atoms with Gasteiger partial charge in [0.25, 0.3) is 0 Å². The van der Waals surface area contributed by atoms with Gasteiger partial charge in [-0.15, -0.1) is 11.8 Å². The molecule has 19 heavy (non-hydrogen) atoms. The Morgan fingerprint density at radius 2 is 1.95 bits per heavy atom. The van der Waals surface area contributed by atoms with Crippen LogP contribution in [0.1, 0.15) is 11.5 Å². The van der Waals surface area contributed by atoms with E-state index in [1.165, 1.54) is 10.5 Å². The number of hydrogen-bond acceptors (Lipinski definition) is 3. The van der Waals surface area contributed by atoms with Gasteiger partial charge in [0.05, 0.1) is 13.7 Å². The second-order valence-corrected chi connectivity index (χ2v) is 5.60. The third-order valence-electron chi connectivity index (χ3n) is 3.29. The molecule has 0 N–H and O–H groups in total.